The van der Waals surface area contributed by atoms with Gasteiger partial charge in [0.05, 0.1) is 6.54 Å². The minimum absolute atomic E-state index is 0.0246. The summed E-state index contributed by atoms with van der Waals surface area (Å²) in [4.78, 5) is 19.0. The number of ether oxygens (including phenoxy) is 1. The molecule has 3 heterocycles. The number of alkyl halides is 1. The topological polar surface area (TPSA) is 68.5 Å². The molecule has 0 spiro atoms. The van der Waals surface area contributed by atoms with Crippen molar-refractivity contribution in [2.75, 3.05) is 26.3 Å². The van der Waals surface area contributed by atoms with Gasteiger partial charge in [0.2, 0.25) is 11.6 Å². The monoisotopic (exact) mass is 365 g/mol. The molecule has 1 unspecified atom stereocenters. The Hall–Kier alpha value is -1.50. The Kier molecular flexibility index (Phi) is 4.75. The van der Waals surface area contributed by atoms with Crippen LogP contribution in [0.3, 0.4) is 0 Å². The molecule has 6 nitrogen and oxygen atoms in total. The third-order valence-electron chi connectivity index (χ3n) is 6.39. The van der Waals surface area contributed by atoms with Crippen molar-refractivity contribution in [3.63, 3.8) is 0 Å². The van der Waals surface area contributed by atoms with Crippen LogP contribution >= 0.6 is 0 Å². The number of halogens is 1. The van der Waals surface area contributed by atoms with Crippen LogP contribution < -0.4 is 0 Å². The molecule has 0 bridgehead atoms. The molecular weight excluding hydrogens is 337 g/mol. The SMILES string of the molecule is CC1(C(=O)N2CCC(F)(c3nc(C4CCOCC4)no3)C2)CCCCC1. The van der Waals surface area contributed by atoms with Crippen LogP contribution in [0.1, 0.15) is 75.9 Å². The van der Waals surface area contributed by atoms with E-state index in [9.17, 15) is 4.79 Å². The summed E-state index contributed by atoms with van der Waals surface area (Å²) in [5.74, 6) is 0.860. The second-order valence-corrected chi connectivity index (χ2v) is 8.41. The molecule has 3 aliphatic rings. The lowest BCUT2D eigenvalue weighted by Crippen LogP contribution is -2.43. The minimum Gasteiger partial charge on any atom is -0.381 e. The predicted molar refractivity (Wildman–Crippen MR) is 92.3 cm³/mol. The minimum atomic E-state index is -1.73. The molecule has 3 fully saturated rings. The number of hydrogen-bond donors (Lipinski definition) is 0. The molecule has 4 rings (SSSR count). The second kappa shape index (κ2) is 6.91. The zero-order valence-corrected chi connectivity index (χ0v) is 15.5. The first-order chi connectivity index (χ1) is 12.5. The van der Waals surface area contributed by atoms with Crippen molar-refractivity contribution in [3.05, 3.63) is 11.7 Å². The number of hydrogen-bond acceptors (Lipinski definition) is 5. The maximum Gasteiger partial charge on any atom is 0.266 e. The maximum atomic E-state index is 15.5. The molecule has 144 valence electrons. The molecule has 2 aliphatic heterocycles. The molecule has 0 radical (unpaired) electrons. The molecule has 1 aromatic heterocycles. The summed E-state index contributed by atoms with van der Waals surface area (Å²) in [5.41, 5.74) is -2.07. The van der Waals surface area contributed by atoms with E-state index < -0.39 is 5.67 Å². The summed E-state index contributed by atoms with van der Waals surface area (Å²) in [6.07, 6.45) is 7.04. The molecule has 26 heavy (non-hydrogen) atoms. The number of nitrogens with zero attached hydrogens (tertiary/aromatic N) is 3. The summed E-state index contributed by atoms with van der Waals surface area (Å²) >= 11 is 0. The van der Waals surface area contributed by atoms with Crippen molar-refractivity contribution in [1.82, 2.24) is 15.0 Å². The van der Waals surface area contributed by atoms with E-state index in [1.807, 2.05) is 6.92 Å². The highest BCUT2D eigenvalue weighted by atomic mass is 19.1. The fraction of sp³-hybridized carbons (Fsp3) is 0.842. The molecule has 1 atom stereocenters. The summed E-state index contributed by atoms with van der Waals surface area (Å²) < 4.78 is 26.2. The predicted octanol–water partition coefficient (Wildman–Crippen LogP) is 3.33. The van der Waals surface area contributed by atoms with Crippen LogP contribution in [0.4, 0.5) is 4.39 Å². The van der Waals surface area contributed by atoms with Crippen LogP contribution in [-0.4, -0.2) is 47.3 Å². The number of carbonyl (C=O) groups excluding carboxylic acids is 1. The van der Waals surface area contributed by atoms with Crippen molar-refractivity contribution >= 4 is 5.91 Å². The summed E-state index contributed by atoms with van der Waals surface area (Å²) in [6, 6.07) is 0. The molecule has 1 amide bonds. The average molecular weight is 365 g/mol. The van der Waals surface area contributed by atoms with Crippen molar-refractivity contribution < 1.29 is 18.4 Å². The van der Waals surface area contributed by atoms with E-state index in [-0.39, 0.29) is 36.1 Å². The van der Waals surface area contributed by atoms with E-state index in [4.69, 9.17) is 9.26 Å². The quantitative estimate of drug-likeness (QED) is 0.822. The Morgan fingerprint density at radius 2 is 1.92 bits per heavy atom. The van der Waals surface area contributed by atoms with E-state index in [0.717, 1.165) is 38.5 Å². The second-order valence-electron chi connectivity index (χ2n) is 8.41. The molecule has 1 aliphatic carbocycles. The molecule has 0 N–H and O–H groups in total. The fourth-order valence-electron chi connectivity index (χ4n) is 4.59. The van der Waals surface area contributed by atoms with Crippen molar-refractivity contribution in [2.24, 2.45) is 5.41 Å². The van der Waals surface area contributed by atoms with Gasteiger partial charge in [-0.05, 0) is 25.7 Å². The molecule has 2 saturated heterocycles. The first kappa shape index (κ1) is 17.9. The lowest BCUT2D eigenvalue weighted by atomic mass is 9.74. The molecule has 0 aromatic carbocycles. The first-order valence-corrected chi connectivity index (χ1v) is 9.90. The van der Waals surface area contributed by atoms with Crippen LogP contribution in [-0.2, 0) is 15.2 Å². The first-order valence-electron chi connectivity index (χ1n) is 9.90. The van der Waals surface area contributed by atoms with E-state index >= 15 is 4.39 Å². The van der Waals surface area contributed by atoms with Gasteiger partial charge in [-0.25, -0.2) is 4.39 Å². The lowest BCUT2D eigenvalue weighted by Gasteiger charge is -2.35. The van der Waals surface area contributed by atoms with Crippen molar-refractivity contribution in [3.8, 4) is 0 Å². The van der Waals surface area contributed by atoms with Crippen LogP contribution in [0.2, 0.25) is 0 Å². The molecule has 1 saturated carbocycles. The Bertz CT molecular complexity index is 652. The van der Waals surface area contributed by atoms with E-state index in [1.54, 1.807) is 4.90 Å². The zero-order chi connectivity index (χ0) is 18.2. The molecule has 1 aromatic rings. The normalized spacial score (nSPS) is 29.8. The largest absolute Gasteiger partial charge is 0.381 e. The van der Waals surface area contributed by atoms with Crippen LogP contribution in [0, 0.1) is 5.41 Å². The summed E-state index contributed by atoms with van der Waals surface area (Å²) in [5, 5.41) is 4.02. The molecular formula is C19H28FN3O3. The summed E-state index contributed by atoms with van der Waals surface area (Å²) in [7, 11) is 0. The Morgan fingerprint density at radius 3 is 2.65 bits per heavy atom. The van der Waals surface area contributed by atoms with Gasteiger partial charge in [-0.15, -0.1) is 0 Å². The zero-order valence-electron chi connectivity index (χ0n) is 15.5. The van der Waals surface area contributed by atoms with E-state index in [2.05, 4.69) is 10.1 Å². The van der Waals surface area contributed by atoms with Crippen LogP contribution in [0.5, 0.6) is 0 Å². The van der Waals surface area contributed by atoms with Gasteiger partial charge >= 0.3 is 0 Å². The van der Waals surface area contributed by atoms with Gasteiger partial charge in [-0.1, -0.05) is 31.3 Å². The summed E-state index contributed by atoms with van der Waals surface area (Å²) in [6.45, 7) is 3.83. The Labute approximate surface area is 153 Å². The molecule has 7 heteroatoms. The van der Waals surface area contributed by atoms with Gasteiger partial charge in [0, 0.05) is 37.5 Å². The van der Waals surface area contributed by atoms with E-state index in [0.29, 0.717) is 25.6 Å². The third kappa shape index (κ3) is 3.26. The van der Waals surface area contributed by atoms with Crippen molar-refractivity contribution in [1.29, 1.82) is 0 Å². The highest BCUT2D eigenvalue weighted by Crippen LogP contribution is 2.42. The standard InChI is InChI=1S/C19H28FN3O3/c1-18(7-3-2-4-8-18)17(24)23-10-9-19(20,13-23)16-21-15(22-26-16)14-5-11-25-12-6-14/h14H,2-13H2,1H3. The van der Waals surface area contributed by atoms with Gasteiger partial charge < -0.3 is 14.2 Å². The Balaban J connectivity index is 1.45. The number of rotatable bonds is 3. The number of aromatic nitrogens is 2. The van der Waals surface area contributed by atoms with Gasteiger partial charge in [-0.2, -0.15) is 4.98 Å². The van der Waals surface area contributed by atoms with Gasteiger partial charge in [0.1, 0.15) is 0 Å². The Morgan fingerprint density at radius 1 is 1.19 bits per heavy atom. The maximum absolute atomic E-state index is 15.5. The highest BCUT2D eigenvalue weighted by Gasteiger charge is 2.49. The van der Waals surface area contributed by atoms with Gasteiger partial charge in [0.25, 0.3) is 5.89 Å². The van der Waals surface area contributed by atoms with Crippen LogP contribution in [0.15, 0.2) is 4.52 Å². The number of likely N-dealkylation sites (tertiary alicyclic amines) is 1. The fourth-order valence-corrected chi connectivity index (χ4v) is 4.59. The van der Waals surface area contributed by atoms with Gasteiger partial charge in [0.15, 0.2) is 5.82 Å². The third-order valence-corrected chi connectivity index (χ3v) is 6.39. The highest BCUT2D eigenvalue weighted by molar-refractivity contribution is 5.82. The van der Waals surface area contributed by atoms with Crippen LogP contribution in [0.25, 0.3) is 0 Å². The average Bonchev–Trinajstić information content (AvgIpc) is 3.31. The smallest absolute Gasteiger partial charge is 0.266 e. The van der Waals surface area contributed by atoms with Crippen molar-refractivity contribution in [2.45, 2.75) is 69.9 Å². The lowest BCUT2D eigenvalue weighted by molar-refractivity contribution is -0.142. The van der Waals surface area contributed by atoms with Gasteiger partial charge in [-0.3, -0.25) is 4.79 Å². The number of carbonyl (C=O) groups is 1. The van der Waals surface area contributed by atoms with E-state index in [1.165, 1.54) is 6.42 Å². The number of amides is 1.